The van der Waals surface area contributed by atoms with Gasteiger partial charge in [-0.05, 0) is 42.3 Å². The number of benzene rings is 2. The Bertz CT molecular complexity index is 736. The molecular weight excluding hydrogens is 363 g/mol. The van der Waals surface area contributed by atoms with Crippen LogP contribution < -0.4 is 5.73 Å². The van der Waals surface area contributed by atoms with Gasteiger partial charge in [0.05, 0.1) is 5.02 Å². The topological polar surface area (TPSA) is 46.3 Å². The molecule has 0 aromatic heterocycles. The van der Waals surface area contributed by atoms with E-state index in [1.807, 2.05) is 35.2 Å². The molecule has 1 atom stereocenters. The van der Waals surface area contributed by atoms with Crippen LogP contribution in [0.15, 0.2) is 47.4 Å². The molecule has 126 valence electrons. The van der Waals surface area contributed by atoms with Crippen LogP contribution in [-0.2, 0) is 5.75 Å². The van der Waals surface area contributed by atoms with E-state index in [9.17, 15) is 4.79 Å². The fourth-order valence-electron chi connectivity index (χ4n) is 2.65. The Morgan fingerprint density at radius 3 is 2.62 bits per heavy atom. The molecular formula is C18H18Cl2N2OS. The highest BCUT2D eigenvalue weighted by Gasteiger charge is 2.24. The van der Waals surface area contributed by atoms with Gasteiger partial charge in [0.2, 0.25) is 0 Å². The van der Waals surface area contributed by atoms with Crippen molar-refractivity contribution in [2.24, 2.45) is 5.73 Å². The highest BCUT2D eigenvalue weighted by molar-refractivity contribution is 7.98. The minimum Gasteiger partial charge on any atom is -0.337 e. The number of carbonyl (C=O) groups excluding carboxylic acids is 1. The first-order valence-electron chi connectivity index (χ1n) is 7.74. The number of nitrogens with zero attached hydrogens (tertiary/aromatic N) is 1. The minimum absolute atomic E-state index is 0.0556. The monoisotopic (exact) mass is 380 g/mol. The molecule has 1 amide bonds. The third-order valence-electron chi connectivity index (χ3n) is 4.00. The van der Waals surface area contributed by atoms with Gasteiger partial charge < -0.3 is 10.6 Å². The summed E-state index contributed by atoms with van der Waals surface area (Å²) in [5.74, 6) is 0.823. The van der Waals surface area contributed by atoms with E-state index in [1.54, 1.807) is 23.9 Å². The molecule has 2 aromatic rings. The van der Waals surface area contributed by atoms with Crippen LogP contribution in [0, 0.1) is 0 Å². The quantitative estimate of drug-likeness (QED) is 0.796. The summed E-state index contributed by atoms with van der Waals surface area (Å²) in [5, 5.41) is 1.37. The fraction of sp³-hybridized carbons (Fsp3) is 0.278. The molecule has 0 bridgehead atoms. The molecule has 3 rings (SSSR count). The lowest BCUT2D eigenvalue weighted by Crippen LogP contribution is -2.31. The average Bonchev–Trinajstić information content (AvgIpc) is 3.02. The first-order valence-corrected chi connectivity index (χ1v) is 9.49. The third kappa shape index (κ3) is 4.25. The Balaban J connectivity index is 1.62. The SMILES string of the molecule is N[C@@H]1CCN(C(=O)c2ccc(CSc3cc(Cl)ccc3Cl)cc2)C1. The molecule has 0 spiro atoms. The van der Waals surface area contributed by atoms with Gasteiger partial charge >= 0.3 is 0 Å². The first kappa shape index (κ1) is 17.6. The summed E-state index contributed by atoms with van der Waals surface area (Å²) in [7, 11) is 0. The fourth-order valence-corrected chi connectivity index (χ4v) is 4.10. The van der Waals surface area contributed by atoms with Crippen LogP contribution >= 0.6 is 35.0 Å². The lowest BCUT2D eigenvalue weighted by atomic mass is 10.1. The summed E-state index contributed by atoms with van der Waals surface area (Å²) in [4.78, 5) is 15.2. The molecule has 0 aliphatic carbocycles. The number of amides is 1. The predicted octanol–water partition coefficient (Wildman–Crippen LogP) is 4.46. The molecule has 2 N–H and O–H groups in total. The molecule has 3 nitrogen and oxygen atoms in total. The number of thioether (sulfide) groups is 1. The van der Waals surface area contributed by atoms with E-state index in [0.29, 0.717) is 22.2 Å². The standard InChI is InChI=1S/C18H18Cl2N2OS/c19-14-5-6-16(20)17(9-14)24-11-12-1-3-13(4-2-12)18(23)22-8-7-15(21)10-22/h1-6,9,15H,7-8,10-11,21H2/t15-/m1/s1. The predicted molar refractivity (Wildman–Crippen MR) is 101 cm³/mol. The van der Waals surface area contributed by atoms with E-state index < -0.39 is 0 Å². The zero-order valence-electron chi connectivity index (χ0n) is 13.0. The van der Waals surface area contributed by atoms with Crippen LogP contribution in [0.1, 0.15) is 22.3 Å². The van der Waals surface area contributed by atoms with Crippen molar-refractivity contribution in [2.45, 2.75) is 23.1 Å². The summed E-state index contributed by atoms with van der Waals surface area (Å²) in [6.07, 6.45) is 0.876. The average molecular weight is 381 g/mol. The Labute approximate surface area is 156 Å². The minimum atomic E-state index is 0.0556. The third-order valence-corrected chi connectivity index (χ3v) is 5.80. The van der Waals surface area contributed by atoms with Crippen LogP contribution in [-0.4, -0.2) is 29.9 Å². The Morgan fingerprint density at radius 1 is 1.21 bits per heavy atom. The molecule has 1 fully saturated rings. The van der Waals surface area contributed by atoms with Gasteiger partial charge in [0, 0.05) is 40.4 Å². The van der Waals surface area contributed by atoms with Crippen LogP contribution in [0.5, 0.6) is 0 Å². The molecule has 6 heteroatoms. The van der Waals surface area contributed by atoms with E-state index in [0.717, 1.165) is 29.2 Å². The van der Waals surface area contributed by atoms with E-state index in [2.05, 4.69) is 0 Å². The van der Waals surface area contributed by atoms with Crippen LogP contribution in [0.4, 0.5) is 0 Å². The number of nitrogens with two attached hydrogens (primary N) is 1. The second-order valence-corrected chi connectivity index (χ2v) is 7.72. The van der Waals surface area contributed by atoms with Crippen molar-refractivity contribution < 1.29 is 4.79 Å². The second-order valence-electron chi connectivity index (χ2n) is 5.86. The zero-order valence-corrected chi connectivity index (χ0v) is 15.4. The number of hydrogen-bond donors (Lipinski definition) is 1. The molecule has 0 saturated carbocycles. The number of rotatable bonds is 4. The Hall–Kier alpha value is -1.20. The molecule has 0 radical (unpaired) electrons. The maximum atomic E-state index is 12.4. The van der Waals surface area contributed by atoms with Gasteiger partial charge in [-0.15, -0.1) is 11.8 Å². The maximum absolute atomic E-state index is 12.4. The van der Waals surface area contributed by atoms with E-state index >= 15 is 0 Å². The highest BCUT2D eigenvalue weighted by Crippen LogP contribution is 2.32. The van der Waals surface area contributed by atoms with Crippen LogP contribution in [0.2, 0.25) is 10.0 Å². The van der Waals surface area contributed by atoms with Crippen molar-refractivity contribution in [2.75, 3.05) is 13.1 Å². The molecule has 1 aliphatic rings. The van der Waals surface area contributed by atoms with Crippen molar-refractivity contribution in [1.29, 1.82) is 0 Å². The smallest absolute Gasteiger partial charge is 0.253 e. The molecule has 1 heterocycles. The summed E-state index contributed by atoms with van der Waals surface area (Å²) in [6, 6.07) is 13.3. The van der Waals surface area contributed by atoms with Crippen molar-refractivity contribution in [1.82, 2.24) is 4.90 Å². The normalized spacial score (nSPS) is 17.3. The van der Waals surface area contributed by atoms with Crippen molar-refractivity contribution in [3.8, 4) is 0 Å². The zero-order chi connectivity index (χ0) is 17.1. The number of hydrogen-bond acceptors (Lipinski definition) is 3. The van der Waals surface area contributed by atoms with Gasteiger partial charge in [-0.2, -0.15) is 0 Å². The summed E-state index contributed by atoms with van der Waals surface area (Å²) in [5.41, 5.74) is 7.70. The van der Waals surface area contributed by atoms with Crippen molar-refractivity contribution >= 4 is 40.9 Å². The number of carbonyl (C=O) groups is 1. The molecule has 0 unspecified atom stereocenters. The summed E-state index contributed by atoms with van der Waals surface area (Å²) >= 11 is 13.8. The Kier molecular flexibility index (Phi) is 5.72. The first-order chi connectivity index (χ1) is 11.5. The van der Waals surface area contributed by atoms with Gasteiger partial charge in [0.15, 0.2) is 0 Å². The summed E-state index contributed by atoms with van der Waals surface area (Å²) < 4.78 is 0. The van der Waals surface area contributed by atoms with E-state index in [1.165, 1.54) is 0 Å². The van der Waals surface area contributed by atoms with Crippen LogP contribution in [0.3, 0.4) is 0 Å². The molecule has 24 heavy (non-hydrogen) atoms. The number of likely N-dealkylation sites (tertiary alicyclic amines) is 1. The highest BCUT2D eigenvalue weighted by atomic mass is 35.5. The molecule has 1 saturated heterocycles. The van der Waals surface area contributed by atoms with Gasteiger partial charge in [-0.25, -0.2) is 0 Å². The van der Waals surface area contributed by atoms with Crippen molar-refractivity contribution in [3.05, 3.63) is 63.6 Å². The lowest BCUT2D eigenvalue weighted by molar-refractivity contribution is 0.0791. The van der Waals surface area contributed by atoms with Crippen molar-refractivity contribution in [3.63, 3.8) is 0 Å². The number of halogens is 2. The van der Waals surface area contributed by atoms with Gasteiger partial charge in [0.1, 0.15) is 0 Å². The van der Waals surface area contributed by atoms with E-state index in [4.69, 9.17) is 28.9 Å². The van der Waals surface area contributed by atoms with Crippen LogP contribution in [0.25, 0.3) is 0 Å². The maximum Gasteiger partial charge on any atom is 0.253 e. The largest absolute Gasteiger partial charge is 0.337 e. The van der Waals surface area contributed by atoms with Gasteiger partial charge in [-0.3, -0.25) is 4.79 Å². The van der Waals surface area contributed by atoms with E-state index in [-0.39, 0.29) is 11.9 Å². The van der Waals surface area contributed by atoms with Gasteiger partial charge in [0.25, 0.3) is 5.91 Å². The van der Waals surface area contributed by atoms with Gasteiger partial charge in [-0.1, -0.05) is 35.3 Å². The lowest BCUT2D eigenvalue weighted by Gasteiger charge is -2.16. The Morgan fingerprint density at radius 2 is 1.96 bits per heavy atom. The summed E-state index contributed by atoms with van der Waals surface area (Å²) in [6.45, 7) is 1.38. The molecule has 2 aromatic carbocycles. The molecule has 1 aliphatic heterocycles. The second kappa shape index (κ2) is 7.79.